The highest BCUT2D eigenvalue weighted by Crippen LogP contribution is 2.60. The number of ketones is 2. The van der Waals surface area contributed by atoms with E-state index in [9.17, 15) is 9.59 Å². The smallest absolute Gasteiger partial charge is 0.197 e. The maximum Gasteiger partial charge on any atom is 0.197 e. The molecule has 2 bridgehead atoms. The lowest BCUT2D eigenvalue weighted by molar-refractivity contribution is -0.204. The third-order valence-corrected chi connectivity index (χ3v) is 11.1. The number of rotatable bonds is 11. The average molecular weight is 735 g/mol. The predicted octanol–water partition coefficient (Wildman–Crippen LogP) is 9.11. The van der Waals surface area contributed by atoms with E-state index in [0.717, 1.165) is 33.4 Å². The molecule has 3 aliphatic heterocycles. The monoisotopic (exact) mass is 734 g/mol. The van der Waals surface area contributed by atoms with Gasteiger partial charge in [0.25, 0.3) is 0 Å². The number of hydrogen-bond acceptors (Lipinski definition) is 8. The number of aryl methyl sites for hydroxylation is 1. The van der Waals surface area contributed by atoms with Crippen LogP contribution in [0.1, 0.15) is 91.3 Å². The second-order valence-corrected chi connectivity index (χ2v) is 14.7. The van der Waals surface area contributed by atoms with E-state index in [4.69, 9.17) is 28.4 Å². The zero-order chi connectivity index (χ0) is 37.6. The fourth-order valence-corrected chi connectivity index (χ4v) is 8.58. The van der Waals surface area contributed by atoms with Gasteiger partial charge in [0.15, 0.2) is 11.6 Å². The molecule has 5 aromatic rings. The summed E-state index contributed by atoms with van der Waals surface area (Å²) in [6.07, 6.45) is -2.48. The fourth-order valence-electron chi connectivity index (χ4n) is 8.58. The molecule has 2 unspecified atom stereocenters. The quantitative estimate of drug-likeness (QED) is 0.133. The second-order valence-electron chi connectivity index (χ2n) is 14.7. The van der Waals surface area contributed by atoms with Crippen LogP contribution in [0.2, 0.25) is 0 Å². The predicted molar refractivity (Wildman–Crippen MR) is 205 cm³/mol. The lowest BCUT2D eigenvalue weighted by Gasteiger charge is -2.41. The van der Waals surface area contributed by atoms with Crippen molar-refractivity contribution < 1.29 is 38.0 Å². The number of ether oxygens (including phenoxy) is 6. The van der Waals surface area contributed by atoms with Gasteiger partial charge in [-0.25, -0.2) is 0 Å². The molecule has 3 heterocycles. The molecule has 1 saturated heterocycles. The number of benzene rings is 5. The van der Waals surface area contributed by atoms with Gasteiger partial charge in [0.2, 0.25) is 0 Å². The highest BCUT2D eigenvalue weighted by Gasteiger charge is 2.54. The Balaban J connectivity index is 1.02. The van der Waals surface area contributed by atoms with Crippen LogP contribution in [0.4, 0.5) is 0 Å². The number of hydrogen-bond donors (Lipinski definition) is 0. The molecule has 0 radical (unpaired) electrons. The molecule has 4 aliphatic rings. The van der Waals surface area contributed by atoms with E-state index in [-0.39, 0.29) is 35.4 Å². The van der Waals surface area contributed by atoms with Crippen molar-refractivity contribution in [3.8, 4) is 11.5 Å². The van der Waals surface area contributed by atoms with Gasteiger partial charge in [-0.3, -0.25) is 9.59 Å². The molecule has 55 heavy (non-hydrogen) atoms. The highest BCUT2D eigenvalue weighted by atomic mass is 16.6. The molecule has 8 nitrogen and oxygen atoms in total. The Morgan fingerprint density at radius 1 is 0.673 bits per heavy atom. The maximum atomic E-state index is 14.8. The third-order valence-electron chi connectivity index (χ3n) is 11.1. The van der Waals surface area contributed by atoms with Gasteiger partial charge in [-0.05, 0) is 53.8 Å². The first-order chi connectivity index (χ1) is 26.9. The van der Waals surface area contributed by atoms with E-state index in [1.54, 1.807) is 6.07 Å². The molecular formula is C47H42O8. The average Bonchev–Trinajstić information content (AvgIpc) is 3.79. The van der Waals surface area contributed by atoms with Crippen molar-refractivity contribution in [1.29, 1.82) is 0 Å². The van der Waals surface area contributed by atoms with Gasteiger partial charge >= 0.3 is 0 Å². The van der Waals surface area contributed by atoms with Gasteiger partial charge in [0.1, 0.15) is 36.4 Å². The molecule has 0 saturated carbocycles. The summed E-state index contributed by atoms with van der Waals surface area (Å²) in [4.78, 5) is 29.2. The number of Topliss-reactive ketones (excluding diaryl/α,β-unsaturated/α-hetero) is 2. The summed E-state index contributed by atoms with van der Waals surface area (Å²) in [6, 6.07) is 37.6. The van der Waals surface area contributed by atoms with Gasteiger partial charge < -0.3 is 28.4 Å². The van der Waals surface area contributed by atoms with Crippen LogP contribution in [-0.2, 0) is 38.8 Å². The normalized spacial score (nSPS) is 23.7. The maximum absolute atomic E-state index is 14.8. The number of carbonyl (C=O) groups is 2. The van der Waals surface area contributed by atoms with Crippen LogP contribution in [0.3, 0.4) is 0 Å². The summed E-state index contributed by atoms with van der Waals surface area (Å²) in [5.41, 5.74) is 7.78. The number of carbonyl (C=O) groups excluding carboxylic acids is 2. The zero-order valence-corrected chi connectivity index (χ0v) is 31.0. The number of fused-ring (bicyclic) bond motifs is 8. The first-order valence-electron chi connectivity index (χ1n) is 18.9. The Hall–Kier alpha value is -5.38. The van der Waals surface area contributed by atoms with Gasteiger partial charge in [-0.2, -0.15) is 0 Å². The van der Waals surface area contributed by atoms with Crippen molar-refractivity contribution in [2.75, 3.05) is 7.11 Å². The lowest BCUT2D eigenvalue weighted by Crippen LogP contribution is -2.47. The summed E-state index contributed by atoms with van der Waals surface area (Å²) in [6.45, 7) is 5.16. The first kappa shape index (κ1) is 35.3. The summed E-state index contributed by atoms with van der Waals surface area (Å²) >= 11 is 0. The van der Waals surface area contributed by atoms with Crippen LogP contribution in [-0.4, -0.2) is 37.0 Å². The molecule has 6 atom stereocenters. The Bertz CT molecular complexity index is 2280. The second kappa shape index (κ2) is 14.7. The van der Waals surface area contributed by atoms with Crippen LogP contribution in [0.25, 0.3) is 0 Å². The Morgan fingerprint density at radius 2 is 1.29 bits per heavy atom. The lowest BCUT2D eigenvalue weighted by atomic mass is 9.74. The summed E-state index contributed by atoms with van der Waals surface area (Å²) < 4.78 is 38.7. The first-order valence-corrected chi connectivity index (χ1v) is 18.9. The molecule has 1 aliphatic carbocycles. The van der Waals surface area contributed by atoms with Gasteiger partial charge in [-0.1, -0.05) is 103 Å². The van der Waals surface area contributed by atoms with Crippen LogP contribution >= 0.6 is 0 Å². The minimum Gasteiger partial charge on any atom is -0.496 e. The van der Waals surface area contributed by atoms with Crippen molar-refractivity contribution >= 4 is 11.6 Å². The molecule has 278 valence electrons. The fraction of sp³-hybridized carbons (Fsp3) is 0.277. The van der Waals surface area contributed by atoms with E-state index in [1.165, 1.54) is 7.11 Å². The molecule has 0 aromatic heterocycles. The largest absolute Gasteiger partial charge is 0.496 e. The molecule has 0 amide bonds. The highest BCUT2D eigenvalue weighted by molar-refractivity contribution is 6.29. The van der Waals surface area contributed by atoms with E-state index < -0.39 is 18.3 Å². The van der Waals surface area contributed by atoms with E-state index in [2.05, 4.69) is 0 Å². The molecule has 1 fully saturated rings. The molecule has 9 rings (SSSR count). The van der Waals surface area contributed by atoms with Crippen molar-refractivity contribution in [3.05, 3.63) is 176 Å². The van der Waals surface area contributed by atoms with Gasteiger partial charge in [0, 0.05) is 34.3 Å². The van der Waals surface area contributed by atoms with Crippen molar-refractivity contribution in [2.24, 2.45) is 0 Å². The summed E-state index contributed by atoms with van der Waals surface area (Å²) in [5.74, 6) is 0.482. The van der Waals surface area contributed by atoms with Crippen molar-refractivity contribution in [1.82, 2.24) is 0 Å². The standard InChI is InChI=1S/C47H42O8/c1-27-21-34-38(36(22-27)51-24-29-13-7-4-8-14-29)47-41-40(46(34)55-47)42(48)33-20-19-32(45(50-3)39(33)43(41)49)35-23-37(52-25-30-15-9-5-10-16-30)44(28(2)54-35)53-26-31-17-11-6-12-18-31/h4-22,28,35,37,44,46-47H,23-26H2,1-3H3/t28-,35-,37-,44-,46?,47?/m1/s1. The molecule has 0 N–H and O–H groups in total. The Kier molecular flexibility index (Phi) is 9.44. The minimum absolute atomic E-state index is 0.225. The van der Waals surface area contributed by atoms with E-state index >= 15 is 0 Å². The van der Waals surface area contributed by atoms with Crippen molar-refractivity contribution in [3.63, 3.8) is 0 Å². The van der Waals surface area contributed by atoms with Crippen molar-refractivity contribution in [2.45, 2.75) is 76.7 Å². The molecular weight excluding hydrogens is 693 g/mol. The Labute approximate surface area is 320 Å². The number of methoxy groups -OCH3 is 1. The van der Waals surface area contributed by atoms with E-state index in [0.29, 0.717) is 60.0 Å². The summed E-state index contributed by atoms with van der Waals surface area (Å²) in [5, 5.41) is 0. The van der Waals surface area contributed by atoms with Crippen LogP contribution in [0.15, 0.2) is 126 Å². The van der Waals surface area contributed by atoms with Gasteiger partial charge in [-0.15, -0.1) is 0 Å². The third kappa shape index (κ3) is 6.39. The minimum atomic E-state index is -0.733. The van der Waals surface area contributed by atoms with Crippen LogP contribution in [0.5, 0.6) is 11.5 Å². The van der Waals surface area contributed by atoms with Gasteiger partial charge in [0.05, 0.1) is 44.2 Å². The van der Waals surface area contributed by atoms with Crippen LogP contribution in [0, 0.1) is 6.92 Å². The topological polar surface area (TPSA) is 89.5 Å². The van der Waals surface area contributed by atoms with E-state index in [1.807, 2.05) is 123 Å². The summed E-state index contributed by atoms with van der Waals surface area (Å²) in [7, 11) is 1.53. The molecule has 5 aromatic carbocycles. The van der Waals surface area contributed by atoms with Crippen LogP contribution < -0.4 is 9.47 Å². The Morgan fingerprint density at radius 3 is 1.95 bits per heavy atom. The molecule has 0 spiro atoms. The SMILES string of the molecule is COc1c([C@H]2C[C@@H](OCc3ccccc3)[C@H](OCc3ccccc3)[C@@H](C)O2)ccc2c1C(=O)C1=C(C2=O)C2OC1c1c(OCc3ccccc3)cc(C)cc12. The molecule has 8 heteroatoms. The zero-order valence-electron chi connectivity index (χ0n) is 31.0.